The molecule has 2 aromatic heterocycles. The van der Waals surface area contributed by atoms with E-state index < -0.39 is 0 Å². The molecule has 2 heterocycles. The molecule has 1 aromatic carbocycles. The molecule has 102 valence electrons. The molecule has 0 atom stereocenters. The molecular formula is C13H9Br2FN4. The molecule has 4 nitrogen and oxygen atoms in total. The van der Waals surface area contributed by atoms with E-state index in [1.54, 1.807) is 12.3 Å². The Morgan fingerprint density at radius 3 is 2.90 bits per heavy atom. The number of nitrogens with zero attached hydrogens (tertiary/aromatic N) is 3. The van der Waals surface area contributed by atoms with Crippen LogP contribution < -0.4 is 5.32 Å². The van der Waals surface area contributed by atoms with Crippen LogP contribution in [0, 0.1) is 12.7 Å². The highest BCUT2D eigenvalue weighted by Gasteiger charge is 2.10. The molecule has 0 unspecified atom stereocenters. The van der Waals surface area contributed by atoms with Gasteiger partial charge in [0.05, 0.1) is 4.47 Å². The second-order valence-corrected chi connectivity index (χ2v) is 5.94. The molecular weight excluding hydrogens is 391 g/mol. The Hall–Kier alpha value is -1.47. The second kappa shape index (κ2) is 5.14. The van der Waals surface area contributed by atoms with Crippen LogP contribution in [-0.4, -0.2) is 14.4 Å². The van der Waals surface area contributed by atoms with E-state index in [1.807, 2.05) is 23.7 Å². The van der Waals surface area contributed by atoms with Crippen molar-refractivity contribution in [1.29, 1.82) is 0 Å². The molecule has 7 heteroatoms. The maximum absolute atomic E-state index is 13.7. The minimum atomic E-state index is -0.326. The number of anilines is 2. The Morgan fingerprint density at radius 1 is 1.30 bits per heavy atom. The minimum Gasteiger partial charge on any atom is -0.337 e. The van der Waals surface area contributed by atoms with Crippen molar-refractivity contribution in [3.05, 3.63) is 51.2 Å². The van der Waals surface area contributed by atoms with Crippen molar-refractivity contribution >= 4 is 49.0 Å². The molecule has 0 aliphatic heterocycles. The average Bonchev–Trinajstić information content (AvgIpc) is 2.84. The summed E-state index contributed by atoms with van der Waals surface area (Å²) in [5, 5.41) is 3.12. The normalized spacial score (nSPS) is 11.0. The zero-order chi connectivity index (χ0) is 14.3. The van der Waals surface area contributed by atoms with E-state index in [1.165, 1.54) is 6.07 Å². The summed E-state index contributed by atoms with van der Waals surface area (Å²) in [5.74, 6) is 0.238. The molecule has 3 rings (SSSR count). The summed E-state index contributed by atoms with van der Waals surface area (Å²) in [7, 11) is 0. The van der Waals surface area contributed by atoms with Crippen LogP contribution in [0.4, 0.5) is 15.9 Å². The third-order valence-electron chi connectivity index (χ3n) is 2.87. The van der Waals surface area contributed by atoms with Crippen molar-refractivity contribution in [2.45, 2.75) is 6.92 Å². The van der Waals surface area contributed by atoms with E-state index in [0.717, 1.165) is 5.56 Å². The van der Waals surface area contributed by atoms with E-state index in [0.29, 0.717) is 26.2 Å². The molecule has 0 saturated heterocycles. The lowest BCUT2D eigenvalue weighted by Crippen LogP contribution is -2.01. The average molecular weight is 400 g/mol. The molecule has 0 aliphatic carbocycles. The Balaban J connectivity index is 2.09. The highest BCUT2D eigenvalue weighted by Crippen LogP contribution is 2.27. The first-order valence-corrected chi connectivity index (χ1v) is 7.35. The molecule has 1 N–H and O–H groups in total. The number of aryl methyl sites for hydroxylation is 1. The molecule has 0 spiro atoms. The summed E-state index contributed by atoms with van der Waals surface area (Å²) in [4.78, 5) is 8.59. The van der Waals surface area contributed by atoms with Gasteiger partial charge < -0.3 is 9.72 Å². The monoisotopic (exact) mass is 398 g/mol. The second-order valence-electron chi connectivity index (χ2n) is 4.28. The van der Waals surface area contributed by atoms with Crippen LogP contribution in [0.25, 0.3) is 5.65 Å². The van der Waals surface area contributed by atoms with Gasteiger partial charge in [-0.05, 0) is 56.5 Å². The highest BCUT2D eigenvalue weighted by atomic mass is 79.9. The Bertz CT molecular complexity index is 800. The van der Waals surface area contributed by atoms with Crippen LogP contribution in [0.15, 0.2) is 39.8 Å². The van der Waals surface area contributed by atoms with Crippen LogP contribution in [-0.2, 0) is 0 Å². The molecule has 0 aliphatic rings. The van der Waals surface area contributed by atoms with E-state index in [4.69, 9.17) is 0 Å². The molecule has 0 saturated carbocycles. The number of aromatic nitrogens is 3. The van der Waals surface area contributed by atoms with Gasteiger partial charge in [-0.1, -0.05) is 0 Å². The largest absolute Gasteiger partial charge is 0.337 e. The van der Waals surface area contributed by atoms with E-state index in [2.05, 4.69) is 47.1 Å². The van der Waals surface area contributed by atoms with Crippen molar-refractivity contribution < 1.29 is 4.39 Å². The first-order chi connectivity index (χ1) is 9.54. The van der Waals surface area contributed by atoms with Gasteiger partial charge in [-0.15, -0.1) is 0 Å². The number of halogens is 3. The van der Waals surface area contributed by atoms with Gasteiger partial charge in [-0.25, -0.2) is 14.4 Å². The number of fused-ring (bicyclic) bond motifs is 1. The summed E-state index contributed by atoms with van der Waals surface area (Å²) in [6, 6.07) is 3.15. The van der Waals surface area contributed by atoms with Crippen molar-refractivity contribution in [2.75, 3.05) is 5.32 Å². The van der Waals surface area contributed by atoms with Gasteiger partial charge in [0.1, 0.15) is 10.4 Å². The van der Waals surface area contributed by atoms with Crippen molar-refractivity contribution in [3.63, 3.8) is 0 Å². The maximum atomic E-state index is 13.7. The summed E-state index contributed by atoms with van der Waals surface area (Å²) in [6.07, 6.45) is 5.31. The predicted molar refractivity (Wildman–Crippen MR) is 82.8 cm³/mol. The van der Waals surface area contributed by atoms with E-state index >= 15 is 0 Å². The fourth-order valence-electron chi connectivity index (χ4n) is 1.89. The maximum Gasteiger partial charge on any atom is 0.180 e. The van der Waals surface area contributed by atoms with Gasteiger partial charge >= 0.3 is 0 Å². The number of benzene rings is 1. The molecule has 0 fully saturated rings. The number of nitrogens with one attached hydrogen (secondary N) is 1. The van der Waals surface area contributed by atoms with Gasteiger partial charge in [-0.3, -0.25) is 0 Å². The topological polar surface area (TPSA) is 42.2 Å². The lowest BCUT2D eigenvalue weighted by atomic mass is 10.2. The summed E-state index contributed by atoms with van der Waals surface area (Å²) in [6.45, 7) is 1.90. The predicted octanol–water partition coefficient (Wildman–Crippen LogP) is 4.45. The van der Waals surface area contributed by atoms with Gasteiger partial charge in [0.15, 0.2) is 11.5 Å². The number of hydrogen-bond donors (Lipinski definition) is 1. The third kappa shape index (κ3) is 2.43. The van der Waals surface area contributed by atoms with E-state index in [-0.39, 0.29) is 5.82 Å². The Morgan fingerprint density at radius 2 is 2.10 bits per heavy atom. The first kappa shape index (κ1) is 13.5. The Kier molecular flexibility index (Phi) is 3.47. The van der Waals surface area contributed by atoms with E-state index in [9.17, 15) is 4.39 Å². The van der Waals surface area contributed by atoms with Crippen LogP contribution in [0.5, 0.6) is 0 Å². The van der Waals surface area contributed by atoms with Crippen LogP contribution in [0.2, 0.25) is 0 Å². The summed E-state index contributed by atoms with van der Waals surface area (Å²) in [5.41, 5.74) is 2.24. The van der Waals surface area contributed by atoms with Gasteiger partial charge in [0.25, 0.3) is 0 Å². The minimum absolute atomic E-state index is 0.326. The quantitative estimate of drug-likeness (QED) is 0.692. The lowest BCUT2D eigenvalue weighted by molar-refractivity contribution is 0.621. The van der Waals surface area contributed by atoms with Crippen LogP contribution >= 0.6 is 31.9 Å². The van der Waals surface area contributed by atoms with Crippen LogP contribution in [0.1, 0.15) is 5.56 Å². The zero-order valence-corrected chi connectivity index (χ0v) is 13.5. The van der Waals surface area contributed by atoms with Crippen molar-refractivity contribution in [2.24, 2.45) is 0 Å². The van der Waals surface area contributed by atoms with Crippen LogP contribution in [0.3, 0.4) is 0 Å². The molecule has 0 radical (unpaired) electrons. The van der Waals surface area contributed by atoms with Gasteiger partial charge in [0.2, 0.25) is 0 Å². The first-order valence-electron chi connectivity index (χ1n) is 5.76. The third-order valence-corrected chi connectivity index (χ3v) is 3.85. The molecule has 3 aromatic rings. The fourth-order valence-corrected chi connectivity index (χ4v) is 2.75. The highest BCUT2D eigenvalue weighted by molar-refractivity contribution is 9.10. The van der Waals surface area contributed by atoms with Crippen molar-refractivity contribution in [1.82, 2.24) is 14.4 Å². The standard InChI is InChI=1S/C13H9Br2FN4/c1-7-4-8(14)9(16)5-10(7)18-12-13-17-2-3-20(13)6-11(15)19-12/h2-6H,1H3,(H,18,19). The molecule has 20 heavy (non-hydrogen) atoms. The van der Waals surface area contributed by atoms with Gasteiger partial charge in [-0.2, -0.15) is 0 Å². The number of rotatable bonds is 2. The number of hydrogen-bond acceptors (Lipinski definition) is 3. The summed E-state index contributed by atoms with van der Waals surface area (Å²) < 4.78 is 16.6. The number of imidazole rings is 1. The van der Waals surface area contributed by atoms with Gasteiger partial charge in [0, 0.05) is 24.3 Å². The van der Waals surface area contributed by atoms with Crippen molar-refractivity contribution in [3.8, 4) is 0 Å². The lowest BCUT2D eigenvalue weighted by Gasteiger charge is -2.11. The molecule has 0 amide bonds. The zero-order valence-electron chi connectivity index (χ0n) is 10.4. The summed E-state index contributed by atoms with van der Waals surface area (Å²) >= 11 is 6.51. The Labute approximate surface area is 131 Å². The smallest absolute Gasteiger partial charge is 0.180 e. The molecule has 0 bridgehead atoms. The fraction of sp³-hybridized carbons (Fsp3) is 0.0769. The SMILES string of the molecule is Cc1cc(Br)c(F)cc1Nc1nc(Br)cn2ccnc12.